The first-order chi connectivity index (χ1) is 9.57. The molecule has 3 nitrogen and oxygen atoms in total. The molecule has 1 aromatic heterocycles. The number of hydrogen-bond donors (Lipinski definition) is 1. The topological polar surface area (TPSA) is 42.1 Å². The van der Waals surface area contributed by atoms with Gasteiger partial charge in [-0.1, -0.05) is 0 Å². The van der Waals surface area contributed by atoms with E-state index in [9.17, 15) is 26.3 Å². The molecular weight excluding hydrogens is 300 g/mol. The van der Waals surface area contributed by atoms with Gasteiger partial charge in [0, 0.05) is 13.1 Å². The summed E-state index contributed by atoms with van der Waals surface area (Å²) in [5, 5.41) is 0. The minimum atomic E-state index is -4.57. The summed E-state index contributed by atoms with van der Waals surface area (Å²) in [5.74, 6) is -1.77. The number of nitrogens with two attached hydrogens (primary N) is 1. The summed E-state index contributed by atoms with van der Waals surface area (Å²) >= 11 is 0. The molecule has 1 aliphatic heterocycles. The molecule has 9 heteroatoms. The fourth-order valence-corrected chi connectivity index (χ4v) is 2.30. The van der Waals surface area contributed by atoms with Gasteiger partial charge < -0.3 is 10.6 Å². The highest BCUT2D eigenvalue weighted by Crippen LogP contribution is 2.36. The summed E-state index contributed by atoms with van der Waals surface area (Å²) in [6.07, 6.45) is -9.18. The number of pyridine rings is 1. The highest BCUT2D eigenvalue weighted by Gasteiger charge is 2.41. The maximum Gasteiger partial charge on any atom is 0.416 e. The Morgan fingerprint density at radius 3 is 2.10 bits per heavy atom. The van der Waals surface area contributed by atoms with Gasteiger partial charge in [-0.05, 0) is 25.0 Å². The Bertz CT molecular complexity index is 503. The zero-order valence-corrected chi connectivity index (χ0v) is 10.8. The van der Waals surface area contributed by atoms with Crippen molar-refractivity contribution in [3.63, 3.8) is 0 Å². The maximum absolute atomic E-state index is 12.7. The molecule has 0 unspecified atom stereocenters. The second kappa shape index (κ2) is 5.27. The second-order valence-electron chi connectivity index (χ2n) is 4.94. The van der Waals surface area contributed by atoms with Gasteiger partial charge in [-0.3, -0.25) is 0 Å². The standard InChI is InChI=1S/C12H13F6N3/c13-11(14,15)7-1-3-21(4-2-7)10-6-8(12(16,17)18)5-9(19)20-10/h5-7H,1-4H2,(H2,19,20). The molecule has 0 saturated carbocycles. The second-order valence-corrected chi connectivity index (χ2v) is 4.94. The highest BCUT2D eigenvalue weighted by atomic mass is 19.4. The van der Waals surface area contributed by atoms with Gasteiger partial charge in [0.15, 0.2) is 0 Å². The third kappa shape index (κ3) is 3.70. The predicted octanol–water partition coefficient (Wildman–Crippen LogP) is 3.46. The Labute approximate surface area is 116 Å². The molecule has 0 aliphatic carbocycles. The van der Waals surface area contributed by atoms with E-state index in [-0.39, 0.29) is 37.6 Å². The SMILES string of the molecule is Nc1cc(C(F)(F)F)cc(N2CCC(C(F)(F)F)CC2)n1. The minimum Gasteiger partial charge on any atom is -0.384 e. The van der Waals surface area contributed by atoms with Crippen LogP contribution < -0.4 is 10.6 Å². The van der Waals surface area contributed by atoms with Crippen molar-refractivity contribution in [2.45, 2.75) is 25.2 Å². The summed E-state index contributed by atoms with van der Waals surface area (Å²) in [5.41, 5.74) is 4.39. The van der Waals surface area contributed by atoms with Gasteiger partial charge >= 0.3 is 12.4 Å². The van der Waals surface area contributed by atoms with E-state index in [2.05, 4.69) is 4.98 Å². The highest BCUT2D eigenvalue weighted by molar-refractivity contribution is 5.49. The largest absolute Gasteiger partial charge is 0.416 e. The molecule has 1 aromatic rings. The van der Waals surface area contributed by atoms with Crippen molar-refractivity contribution in [1.82, 2.24) is 4.98 Å². The first kappa shape index (κ1) is 15.7. The molecule has 2 N–H and O–H groups in total. The molecule has 21 heavy (non-hydrogen) atoms. The number of halogens is 6. The summed E-state index contributed by atoms with van der Waals surface area (Å²) < 4.78 is 75.7. The zero-order chi connectivity index (χ0) is 15.8. The third-order valence-electron chi connectivity index (χ3n) is 3.44. The lowest BCUT2D eigenvalue weighted by Gasteiger charge is -2.33. The summed E-state index contributed by atoms with van der Waals surface area (Å²) in [6, 6.07) is 1.51. The zero-order valence-electron chi connectivity index (χ0n) is 10.8. The molecule has 1 saturated heterocycles. The molecule has 0 amide bonds. The predicted molar refractivity (Wildman–Crippen MR) is 64.6 cm³/mol. The van der Waals surface area contributed by atoms with Crippen molar-refractivity contribution in [1.29, 1.82) is 0 Å². The third-order valence-corrected chi connectivity index (χ3v) is 3.44. The van der Waals surface area contributed by atoms with E-state index in [1.54, 1.807) is 0 Å². The first-order valence-electron chi connectivity index (χ1n) is 6.24. The molecule has 2 heterocycles. The lowest BCUT2D eigenvalue weighted by molar-refractivity contribution is -0.179. The van der Waals surface area contributed by atoms with Crippen molar-refractivity contribution in [3.05, 3.63) is 17.7 Å². The van der Waals surface area contributed by atoms with E-state index in [1.165, 1.54) is 4.90 Å². The lowest BCUT2D eigenvalue weighted by atomic mass is 9.96. The van der Waals surface area contributed by atoms with Crippen LogP contribution in [-0.2, 0) is 6.18 Å². The van der Waals surface area contributed by atoms with Crippen LogP contribution in [0.2, 0.25) is 0 Å². The fourth-order valence-electron chi connectivity index (χ4n) is 2.30. The van der Waals surface area contributed by atoms with E-state index in [1.807, 2.05) is 0 Å². The molecule has 0 bridgehead atoms. The number of aromatic nitrogens is 1. The van der Waals surface area contributed by atoms with Crippen LogP contribution in [-0.4, -0.2) is 24.2 Å². The number of nitrogens with zero attached hydrogens (tertiary/aromatic N) is 2. The number of alkyl halides is 6. The van der Waals surface area contributed by atoms with Crippen LogP contribution in [0, 0.1) is 5.92 Å². The van der Waals surface area contributed by atoms with Gasteiger partial charge in [0.25, 0.3) is 0 Å². The van der Waals surface area contributed by atoms with Gasteiger partial charge in [-0.25, -0.2) is 4.98 Å². The van der Waals surface area contributed by atoms with Crippen LogP contribution in [0.3, 0.4) is 0 Å². The average molecular weight is 313 g/mol. The lowest BCUT2D eigenvalue weighted by Crippen LogP contribution is -2.39. The maximum atomic E-state index is 12.7. The van der Waals surface area contributed by atoms with E-state index >= 15 is 0 Å². The quantitative estimate of drug-likeness (QED) is 0.807. The fraction of sp³-hybridized carbons (Fsp3) is 0.583. The average Bonchev–Trinajstić information content (AvgIpc) is 2.36. The Hall–Kier alpha value is -1.67. The number of anilines is 2. The van der Waals surface area contributed by atoms with Crippen molar-refractivity contribution < 1.29 is 26.3 Å². The molecule has 0 radical (unpaired) electrons. The summed E-state index contributed by atoms with van der Waals surface area (Å²) in [7, 11) is 0. The van der Waals surface area contributed by atoms with E-state index in [4.69, 9.17) is 5.73 Å². The number of hydrogen-bond acceptors (Lipinski definition) is 3. The molecule has 118 valence electrons. The molecule has 2 rings (SSSR count). The molecule has 1 fully saturated rings. The molecular formula is C12H13F6N3. The van der Waals surface area contributed by atoms with Crippen LogP contribution in [0.25, 0.3) is 0 Å². The summed E-state index contributed by atoms with van der Waals surface area (Å²) in [4.78, 5) is 5.18. The molecule has 0 spiro atoms. The van der Waals surface area contributed by atoms with E-state index in [0.717, 1.165) is 6.07 Å². The molecule has 0 aromatic carbocycles. The monoisotopic (exact) mass is 313 g/mol. The smallest absolute Gasteiger partial charge is 0.384 e. The van der Waals surface area contributed by atoms with Crippen molar-refractivity contribution in [2.24, 2.45) is 5.92 Å². The number of nitrogen functional groups attached to an aromatic ring is 1. The van der Waals surface area contributed by atoms with Gasteiger partial charge in [0.2, 0.25) is 0 Å². The van der Waals surface area contributed by atoms with Gasteiger partial charge in [0.05, 0.1) is 11.5 Å². The van der Waals surface area contributed by atoms with Crippen LogP contribution in [0.5, 0.6) is 0 Å². The van der Waals surface area contributed by atoms with Gasteiger partial charge in [-0.15, -0.1) is 0 Å². The first-order valence-corrected chi connectivity index (χ1v) is 6.24. The van der Waals surface area contributed by atoms with Crippen LogP contribution >= 0.6 is 0 Å². The Morgan fingerprint density at radius 2 is 1.62 bits per heavy atom. The Balaban J connectivity index is 2.16. The Kier molecular flexibility index (Phi) is 3.94. The van der Waals surface area contributed by atoms with Crippen LogP contribution in [0.4, 0.5) is 38.0 Å². The summed E-state index contributed by atoms with van der Waals surface area (Å²) in [6.45, 7) is -0.00411. The number of piperidine rings is 1. The number of rotatable bonds is 1. The van der Waals surface area contributed by atoms with Crippen molar-refractivity contribution in [3.8, 4) is 0 Å². The van der Waals surface area contributed by atoms with E-state index in [0.29, 0.717) is 6.07 Å². The van der Waals surface area contributed by atoms with Crippen LogP contribution in [0.15, 0.2) is 12.1 Å². The minimum absolute atomic E-state index is 0.00206. The Morgan fingerprint density at radius 1 is 1.05 bits per heavy atom. The normalized spacial score (nSPS) is 18.1. The van der Waals surface area contributed by atoms with Gasteiger partial charge in [-0.2, -0.15) is 26.3 Å². The molecule has 1 aliphatic rings. The van der Waals surface area contributed by atoms with Crippen molar-refractivity contribution >= 4 is 11.6 Å². The van der Waals surface area contributed by atoms with Crippen molar-refractivity contribution in [2.75, 3.05) is 23.7 Å². The van der Waals surface area contributed by atoms with E-state index < -0.39 is 23.8 Å². The van der Waals surface area contributed by atoms with Crippen LogP contribution in [0.1, 0.15) is 18.4 Å². The van der Waals surface area contributed by atoms with Gasteiger partial charge in [0.1, 0.15) is 11.6 Å². The molecule has 0 atom stereocenters.